The number of quaternary nitrogens is 1. The zero-order chi connectivity index (χ0) is 20.3. The highest BCUT2D eigenvalue weighted by atomic mass is 16.5. The quantitative estimate of drug-likeness (QED) is 0.660. The molecule has 7 heteroatoms. The summed E-state index contributed by atoms with van der Waals surface area (Å²) in [5.74, 6) is 1.43. The smallest absolute Gasteiger partial charge is 0.356 e. The van der Waals surface area contributed by atoms with Crippen molar-refractivity contribution in [1.29, 1.82) is 0 Å². The molecule has 1 fully saturated rings. The summed E-state index contributed by atoms with van der Waals surface area (Å²) in [4.78, 5) is 29.3. The average molecular weight is 388 g/mol. The molecule has 0 spiro atoms. The highest BCUT2D eigenvalue weighted by Gasteiger charge is 2.26. The number of amides is 1. The minimum Gasteiger partial charge on any atom is -0.497 e. The van der Waals surface area contributed by atoms with Gasteiger partial charge < -0.3 is 24.7 Å². The zero-order valence-corrected chi connectivity index (χ0v) is 17.1. The number of benzene rings is 1. The van der Waals surface area contributed by atoms with Crippen LogP contribution in [0.4, 0.5) is 5.69 Å². The third-order valence-electron chi connectivity index (χ3n) is 5.44. The van der Waals surface area contributed by atoms with E-state index in [9.17, 15) is 9.59 Å². The second-order valence-electron chi connectivity index (χ2n) is 7.93. The van der Waals surface area contributed by atoms with Crippen LogP contribution in [-0.2, 0) is 9.53 Å². The van der Waals surface area contributed by atoms with Crippen LogP contribution in [-0.4, -0.2) is 50.7 Å². The van der Waals surface area contributed by atoms with Crippen molar-refractivity contribution in [2.75, 3.05) is 39.2 Å². The van der Waals surface area contributed by atoms with Crippen LogP contribution in [0.15, 0.2) is 18.2 Å². The van der Waals surface area contributed by atoms with E-state index >= 15 is 0 Å². The molecule has 7 nitrogen and oxygen atoms in total. The molecule has 0 saturated carbocycles. The number of nitrogens with one attached hydrogen (secondary N) is 3. The fourth-order valence-electron chi connectivity index (χ4n) is 4.31. The summed E-state index contributed by atoms with van der Waals surface area (Å²) in [5, 5.41) is 3.68. The molecule has 3 N–H and O–H groups in total. The van der Waals surface area contributed by atoms with Gasteiger partial charge in [-0.05, 0) is 18.6 Å². The van der Waals surface area contributed by atoms with Crippen molar-refractivity contribution in [3.8, 4) is 5.75 Å². The van der Waals surface area contributed by atoms with Gasteiger partial charge in [0.1, 0.15) is 11.4 Å². The van der Waals surface area contributed by atoms with E-state index in [0.717, 1.165) is 25.0 Å². The molecule has 1 aromatic heterocycles. The lowest BCUT2D eigenvalue weighted by atomic mass is 9.92. The summed E-state index contributed by atoms with van der Waals surface area (Å²) in [6.45, 7) is 7.57. The Morgan fingerprint density at radius 1 is 1.21 bits per heavy atom. The van der Waals surface area contributed by atoms with Crippen LogP contribution in [0.1, 0.15) is 37.2 Å². The maximum absolute atomic E-state index is 12.6. The van der Waals surface area contributed by atoms with E-state index in [1.54, 1.807) is 19.2 Å². The van der Waals surface area contributed by atoms with Gasteiger partial charge in [-0.2, -0.15) is 0 Å². The fraction of sp³-hybridized carbons (Fsp3) is 0.524. The molecule has 1 saturated heterocycles. The fourth-order valence-corrected chi connectivity index (χ4v) is 4.31. The number of hydrogen-bond donors (Lipinski definition) is 3. The summed E-state index contributed by atoms with van der Waals surface area (Å²) in [7, 11) is 2.90. The number of aromatic nitrogens is 1. The molecule has 0 bridgehead atoms. The van der Waals surface area contributed by atoms with Crippen molar-refractivity contribution in [3.63, 3.8) is 0 Å². The van der Waals surface area contributed by atoms with Gasteiger partial charge in [0.05, 0.1) is 51.5 Å². The highest BCUT2D eigenvalue weighted by Crippen LogP contribution is 2.31. The van der Waals surface area contributed by atoms with Crippen LogP contribution in [0, 0.1) is 11.8 Å². The maximum Gasteiger partial charge on any atom is 0.356 e. The first-order valence-electron chi connectivity index (χ1n) is 9.82. The van der Waals surface area contributed by atoms with Crippen LogP contribution in [0.3, 0.4) is 0 Å². The summed E-state index contributed by atoms with van der Waals surface area (Å²) in [6.07, 6.45) is 1.68. The molecule has 2 aromatic rings. The Morgan fingerprint density at radius 2 is 1.93 bits per heavy atom. The van der Waals surface area contributed by atoms with Gasteiger partial charge in [0.15, 0.2) is 0 Å². The number of hydrogen-bond acceptors (Lipinski definition) is 4. The van der Waals surface area contributed by atoms with Crippen LogP contribution in [0.2, 0.25) is 0 Å². The first kappa shape index (κ1) is 20.2. The number of ether oxygens (including phenoxy) is 2. The number of rotatable bonds is 6. The molecule has 1 aliphatic rings. The molecule has 28 heavy (non-hydrogen) atoms. The Balaban J connectivity index is 1.74. The normalized spacial score (nSPS) is 22.1. The van der Waals surface area contributed by atoms with Gasteiger partial charge in [-0.25, -0.2) is 4.79 Å². The average Bonchev–Trinajstić information content (AvgIpc) is 3.02. The predicted molar refractivity (Wildman–Crippen MR) is 108 cm³/mol. The van der Waals surface area contributed by atoms with E-state index in [4.69, 9.17) is 9.47 Å². The molecular formula is C21H30N3O4+. The number of aromatic amines is 1. The number of fused-ring (bicyclic) bond motifs is 1. The van der Waals surface area contributed by atoms with Gasteiger partial charge in [0.25, 0.3) is 0 Å². The number of H-pyrrole nitrogens is 1. The Bertz CT molecular complexity index is 851. The van der Waals surface area contributed by atoms with Gasteiger partial charge in [0, 0.05) is 23.3 Å². The zero-order valence-electron chi connectivity index (χ0n) is 17.1. The molecule has 2 atom stereocenters. The van der Waals surface area contributed by atoms with Gasteiger partial charge >= 0.3 is 5.97 Å². The third kappa shape index (κ3) is 4.47. The van der Waals surface area contributed by atoms with E-state index in [1.165, 1.54) is 18.4 Å². The van der Waals surface area contributed by atoms with Crippen molar-refractivity contribution in [3.05, 3.63) is 23.9 Å². The number of methoxy groups -OCH3 is 2. The third-order valence-corrected chi connectivity index (χ3v) is 5.44. The van der Waals surface area contributed by atoms with Crippen molar-refractivity contribution < 1.29 is 24.0 Å². The van der Waals surface area contributed by atoms with Crippen molar-refractivity contribution >= 4 is 28.5 Å². The van der Waals surface area contributed by atoms with E-state index in [2.05, 4.69) is 24.1 Å². The van der Waals surface area contributed by atoms with Crippen LogP contribution >= 0.6 is 0 Å². The second kappa shape index (κ2) is 8.65. The maximum atomic E-state index is 12.6. The number of carbonyl (C=O) groups is 2. The molecule has 1 aromatic carbocycles. The number of anilines is 1. The Kier molecular flexibility index (Phi) is 6.24. The predicted octanol–water partition coefficient (Wildman–Crippen LogP) is 1.85. The molecule has 0 unspecified atom stereocenters. The van der Waals surface area contributed by atoms with Crippen LogP contribution < -0.4 is 15.0 Å². The highest BCUT2D eigenvalue weighted by molar-refractivity contribution is 6.11. The Hall–Kier alpha value is -2.54. The number of likely N-dealkylation sites (tertiary alicyclic amines) is 1. The molecule has 2 heterocycles. The summed E-state index contributed by atoms with van der Waals surface area (Å²) >= 11 is 0. The molecule has 0 aliphatic carbocycles. The molecule has 1 aliphatic heterocycles. The lowest BCUT2D eigenvalue weighted by molar-refractivity contribution is -0.911. The molecule has 0 radical (unpaired) electrons. The Morgan fingerprint density at radius 3 is 2.57 bits per heavy atom. The van der Waals surface area contributed by atoms with E-state index in [-0.39, 0.29) is 11.6 Å². The van der Waals surface area contributed by atoms with Crippen molar-refractivity contribution in [2.45, 2.75) is 26.7 Å². The van der Waals surface area contributed by atoms with Crippen LogP contribution in [0.5, 0.6) is 5.75 Å². The largest absolute Gasteiger partial charge is 0.497 e. The van der Waals surface area contributed by atoms with Gasteiger partial charge in [0.2, 0.25) is 5.91 Å². The number of esters is 1. The summed E-state index contributed by atoms with van der Waals surface area (Å²) in [5.41, 5.74) is 1.41. The standard InChI is InChI=1S/C21H29N3O4/c1-13-9-14(2)12-24(11-13)8-7-18(25)23-19-16-6-5-15(27-3)10-17(16)22-20(19)21(26)28-4/h5-6,10,13-14,22H,7-9,11-12H2,1-4H3,(H,23,25)/p+1/t13-,14-/m0/s1. The first-order chi connectivity index (χ1) is 13.4. The molecule has 1 amide bonds. The lowest BCUT2D eigenvalue weighted by Crippen LogP contribution is -3.14. The minimum absolute atomic E-state index is 0.0970. The second-order valence-corrected chi connectivity index (χ2v) is 7.93. The van der Waals surface area contributed by atoms with E-state index in [0.29, 0.717) is 35.2 Å². The SMILES string of the molecule is COC(=O)c1[nH]c2cc(OC)ccc2c1NC(=O)CC[NH+]1C[C@@H](C)C[C@H](C)C1. The first-order valence-corrected chi connectivity index (χ1v) is 9.82. The lowest BCUT2D eigenvalue weighted by Gasteiger charge is -2.31. The number of piperidine rings is 1. The Labute approximate surface area is 165 Å². The number of carbonyl (C=O) groups excluding carboxylic acids is 2. The minimum atomic E-state index is -0.519. The van der Waals surface area contributed by atoms with Gasteiger partial charge in [-0.1, -0.05) is 13.8 Å². The van der Waals surface area contributed by atoms with Gasteiger partial charge in [-0.15, -0.1) is 0 Å². The molecular weight excluding hydrogens is 358 g/mol. The van der Waals surface area contributed by atoms with Gasteiger partial charge in [-0.3, -0.25) is 4.79 Å². The van der Waals surface area contributed by atoms with Crippen molar-refractivity contribution in [2.24, 2.45) is 11.8 Å². The summed E-state index contributed by atoms with van der Waals surface area (Å²) in [6, 6.07) is 5.41. The summed E-state index contributed by atoms with van der Waals surface area (Å²) < 4.78 is 10.1. The van der Waals surface area contributed by atoms with Crippen molar-refractivity contribution in [1.82, 2.24) is 4.98 Å². The van der Waals surface area contributed by atoms with Crippen LogP contribution in [0.25, 0.3) is 10.9 Å². The van der Waals surface area contributed by atoms with E-state index in [1.807, 2.05) is 6.07 Å². The monoisotopic (exact) mass is 388 g/mol. The molecule has 152 valence electrons. The van der Waals surface area contributed by atoms with E-state index < -0.39 is 5.97 Å². The topological polar surface area (TPSA) is 84.9 Å². The molecule has 3 rings (SSSR count).